The first-order valence-electron chi connectivity index (χ1n) is 12.1. The van der Waals surface area contributed by atoms with Gasteiger partial charge in [0.1, 0.15) is 0 Å². The molecule has 0 aromatic heterocycles. The van der Waals surface area contributed by atoms with Crippen molar-refractivity contribution in [3.05, 3.63) is 58.7 Å². The molecule has 2 heterocycles. The minimum Gasteiger partial charge on any atom is -0.378 e. The molecule has 0 N–H and O–H groups in total. The first-order chi connectivity index (χ1) is 15.7. The van der Waals surface area contributed by atoms with Crippen molar-refractivity contribution in [2.75, 3.05) is 36.1 Å². The third-order valence-electron chi connectivity index (χ3n) is 8.43. The summed E-state index contributed by atoms with van der Waals surface area (Å²) in [5, 5.41) is 1.80. The lowest BCUT2D eigenvalue weighted by atomic mass is 9.79. The molecule has 4 rings (SSSR count). The smallest absolute Gasteiger partial charge is 0.0642 e. The number of benzene rings is 2. The highest BCUT2D eigenvalue weighted by molar-refractivity contribution is 9.08. The highest BCUT2D eigenvalue weighted by Crippen LogP contribution is 2.48. The summed E-state index contributed by atoms with van der Waals surface area (Å²) < 4.78 is 6.23. The molecule has 5 heteroatoms. The molecule has 0 fully saturated rings. The zero-order valence-electron chi connectivity index (χ0n) is 20.9. The molecule has 0 saturated heterocycles. The van der Waals surface area contributed by atoms with Crippen molar-refractivity contribution < 1.29 is 4.74 Å². The molecule has 2 aromatic rings. The van der Waals surface area contributed by atoms with Gasteiger partial charge in [-0.05, 0) is 48.2 Å². The number of alkyl halides is 2. The lowest BCUT2D eigenvalue weighted by Crippen LogP contribution is -2.42. The van der Waals surface area contributed by atoms with Crippen LogP contribution in [0.15, 0.2) is 36.4 Å². The summed E-state index contributed by atoms with van der Waals surface area (Å²) in [4.78, 5) is 5.08. The maximum Gasteiger partial charge on any atom is 0.0642 e. The zero-order chi connectivity index (χ0) is 24.0. The van der Waals surface area contributed by atoms with E-state index in [0.717, 1.165) is 37.0 Å². The minimum absolute atomic E-state index is 0.132. The Labute approximate surface area is 217 Å². The van der Waals surface area contributed by atoms with E-state index in [-0.39, 0.29) is 10.8 Å². The summed E-state index contributed by atoms with van der Waals surface area (Å²) in [5.41, 5.74) is 8.79. The lowest BCUT2D eigenvalue weighted by molar-refractivity contribution is 0.142. The SMILES string of the molecule is C[C@@H]1N(CCOCCN2c3cccc(CBr)c3C(C)(C)[C@H]2C)c2cccc(CBr)c2C1(C)C. The molecular formula is C28H38Br2N2O. The molecule has 180 valence electrons. The first-order valence-corrected chi connectivity index (χ1v) is 14.4. The Bertz CT molecular complexity index is 924. The monoisotopic (exact) mass is 576 g/mol. The number of halogens is 2. The van der Waals surface area contributed by atoms with Crippen molar-refractivity contribution in [2.24, 2.45) is 0 Å². The highest BCUT2D eigenvalue weighted by Gasteiger charge is 2.44. The summed E-state index contributed by atoms with van der Waals surface area (Å²) in [7, 11) is 0. The van der Waals surface area contributed by atoms with Gasteiger partial charge in [-0.25, -0.2) is 0 Å². The van der Waals surface area contributed by atoms with Gasteiger partial charge in [-0.15, -0.1) is 0 Å². The van der Waals surface area contributed by atoms with E-state index in [9.17, 15) is 0 Å². The minimum atomic E-state index is 0.132. The standard InChI is InChI=1S/C28H38Br2N2O/c1-19-27(3,4)25-21(17-29)9-7-11-23(25)31(19)13-15-33-16-14-32-20(2)28(5,6)26-22(18-30)10-8-12-24(26)32/h7-12,19-20H,13-18H2,1-6H3/t19-,20+. The van der Waals surface area contributed by atoms with Gasteiger partial charge in [-0.3, -0.25) is 0 Å². The fourth-order valence-electron chi connectivity index (χ4n) is 6.03. The average molecular weight is 578 g/mol. The normalized spacial score (nSPS) is 22.5. The number of hydrogen-bond acceptors (Lipinski definition) is 3. The zero-order valence-corrected chi connectivity index (χ0v) is 24.1. The molecule has 2 aliphatic rings. The molecule has 0 aliphatic carbocycles. The molecule has 2 aliphatic heterocycles. The Balaban J connectivity index is 1.39. The third kappa shape index (κ3) is 4.16. The third-order valence-corrected chi connectivity index (χ3v) is 9.64. The van der Waals surface area contributed by atoms with E-state index < -0.39 is 0 Å². The number of anilines is 2. The number of nitrogens with zero attached hydrogens (tertiary/aromatic N) is 2. The summed E-state index contributed by atoms with van der Waals surface area (Å²) >= 11 is 7.38. The Hall–Kier alpha value is -1.04. The van der Waals surface area contributed by atoms with Crippen molar-refractivity contribution in [2.45, 2.75) is 75.1 Å². The summed E-state index contributed by atoms with van der Waals surface area (Å²) in [6.07, 6.45) is 0. The van der Waals surface area contributed by atoms with Crippen LogP contribution in [0, 0.1) is 0 Å². The Morgan fingerprint density at radius 2 is 1.12 bits per heavy atom. The second-order valence-electron chi connectivity index (χ2n) is 10.7. The Kier molecular flexibility index (Phi) is 7.25. The van der Waals surface area contributed by atoms with Crippen molar-refractivity contribution in [1.82, 2.24) is 0 Å². The van der Waals surface area contributed by atoms with E-state index in [4.69, 9.17) is 4.74 Å². The molecule has 33 heavy (non-hydrogen) atoms. The van der Waals surface area contributed by atoms with Crippen LogP contribution in [0.1, 0.15) is 63.8 Å². The van der Waals surface area contributed by atoms with E-state index >= 15 is 0 Å². The summed E-state index contributed by atoms with van der Waals surface area (Å²) in [6, 6.07) is 14.3. The maximum absolute atomic E-state index is 6.23. The number of hydrogen-bond donors (Lipinski definition) is 0. The van der Waals surface area contributed by atoms with Gasteiger partial charge in [0, 0.05) is 58.0 Å². The van der Waals surface area contributed by atoms with Crippen LogP contribution in [0.4, 0.5) is 11.4 Å². The summed E-state index contributed by atoms with van der Waals surface area (Å²) in [5.74, 6) is 0. The van der Waals surface area contributed by atoms with Crippen molar-refractivity contribution in [3.63, 3.8) is 0 Å². The van der Waals surface area contributed by atoms with Gasteiger partial charge in [-0.1, -0.05) is 83.8 Å². The largest absolute Gasteiger partial charge is 0.378 e. The van der Waals surface area contributed by atoms with Gasteiger partial charge < -0.3 is 14.5 Å². The van der Waals surface area contributed by atoms with Crippen LogP contribution < -0.4 is 9.80 Å². The van der Waals surface area contributed by atoms with Gasteiger partial charge in [0.15, 0.2) is 0 Å². The van der Waals surface area contributed by atoms with Crippen LogP contribution in [-0.4, -0.2) is 38.4 Å². The fraction of sp³-hybridized carbons (Fsp3) is 0.571. The van der Waals surface area contributed by atoms with E-state index in [0.29, 0.717) is 12.1 Å². The van der Waals surface area contributed by atoms with Gasteiger partial charge >= 0.3 is 0 Å². The molecule has 0 spiro atoms. The van der Waals surface area contributed by atoms with E-state index in [2.05, 4.69) is 120 Å². The van der Waals surface area contributed by atoms with Crippen LogP contribution in [0.3, 0.4) is 0 Å². The average Bonchev–Trinajstić information content (AvgIpc) is 3.12. The molecule has 2 atom stereocenters. The molecule has 2 aromatic carbocycles. The van der Waals surface area contributed by atoms with E-state index in [1.165, 1.54) is 33.6 Å². The van der Waals surface area contributed by atoms with Gasteiger partial charge in [-0.2, -0.15) is 0 Å². The van der Waals surface area contributed by atoms with Gasteiger partial charge in [0.2, 0.25) is 0 Å². The molecular weight excluding hydrogens is 540 g/mol. The van der Waals surface area contributed by atoms with E-state index in [1.54, 1.807) is 0 Å². The second-order valence-corrected chi connectivity index (χ2v) is 11.8. The maximum atomic E-state index is 6.23. The Morgan fingerprint density at radius 1 is 0.727 bits per heavy atom. The van der Waals surface area contributed by atoms with Crippen molar-refractivity contribution >= 4 is 43.2 Å². The summed E-state index contributed by atoms with van der Waals surface area (Å²) in [6.45, 7) is 17.5. The highest BCUT2D eigenvalue weighted by atomic mass is 79.9. The van der Waals surface area contributed by atoms with Crippen molar-refractivity contribution in [1.29, 1.82) is 0 Å². The van der Waals surface area contributed by atoms with Crippen LogP contribution in [0.5, 0.6) is 0 Å². The number of ether oxygens (including phenoxy) is 1. The molecule has 0 saturated carbocycles. The fourth-order valence-corrected chi connectivity index (χ4v) is 6.97. The predicted molar refractivity (Wildman–Crippen MR) is 149 cm³/mol. The Morgan fingerprint density at radius 3 is 1.48 bits per heavy atom. The molecule has 0 radical (unpaired) electrons. The van der Waals surface area contributed by atoms with Crippen LogP contribution in [-0.2, 0) is 26.2 Å². The predicted octanol–water partition coefficient (Wildman–Crippen LogP) is 7.17. The molecule has 3 nitrogen and oxygen atoms in total. The van der Waals surface area contributed by atoms with Crippen LogP contribution in [0.2, 0.25) is 0 Å². The first kappa shape index (κ1) is 25.1. The second kappa shape index (κ2) is 9.54. The topological polar surface area (TPSA) is 15.7 Å². The lowest BCUT2D eigenvalue weighted by Gasteiger charge is -2.32. The quantitative estimate of drug-likeness (QED) is 0.244. The molecule has 0 bridgehead atoms. The molecule has 0 unspecified atom stereocenters. The van der Waals surface area contributed by atoms with Crippen LogP contribution >= 0.6 is 31.9 Å². The van der Waals surface area contributed by atoms with Crippen LogP contribution in [0.25, 0.3) is 0 Å². The van der Waals surface area contributed by atoms with Gasteiger partial charge in [0.05, 0.1) is 13.2 Å². The number of fused-ring (bicyclic) bond motifs is 2. The molecule has 0 amide bonds. The van der Waals surface area contributed by atoms with Crippen molar-refractivity contribution in [3.8, 4) is 0 Å². The van der Waals surface area contributed by atoms with E-state index in [1.807, 2.05) is 0 Å². The number of rotatable bonds is 8. The van der Waals surface area contributed by atoms with Gasteiger partial charge in [0.25, 0.3) is 0 Å².